The summed E-state index contributed by atoms with van der Waals surface area (Å²) in [7, 11) is 0. The van der Waals surface area contributed by atoms with Gasteiger partial charge in [-0.05, 0) is 25.4 Å². The highest BCUT2D eigenvalue weighted by atomic mass is 19.4. The second-order valence-electron chi connectivity index (χ2n) is 4.29. The Morgan fingerprint density at radius 3 is 1.89 bits per heavy atom. The Hall–Kier alpha value is -0.500. The minimum absolute atomic E-state index is 0.0926. The molecule has 18 heavy (non-hydrogen) atoms. The van der Waals surface area contributed by atoms with Crippen LogP contribution in [0.1, 0.15) is 20.3 Å². The van der Waals surface area contributed by atoms with Gasteiger partial charge in [-0.2, -0.15) is 26.3 Å². The van der Waals surface area contributed by atoms with E-state index in [2.05, 4.69) is 10.1 Å². The van der Waals surface area contributed by atoms with E-state index in [1.165, 1.54) is 0 Å². The molecule has 0 heterocycles. The normalized spacial score (nSPS) is 13.7. The van der Waals surface area contributed by atoms with Crippen molar-refractivity contribution >= 4 is 0 Å². The van der Waals surface area contributed by atoms with Crippen molar-refractivity contribution in [2.24, 2.45) is 5.92 Å². The standard InChI is InChI=1S/C10H17F6NO/c1-7(2)6-17-4-3-5-18-8(9(11,12)13)10(14,15)16/h7-8,17H,3-6H2,1-2H3. The van der Waals surface area contributed by atoms with E-state index in [1.807, 2.05) is 13.8 Å². The Balaban J connectivity index is 3.93. The molecule has 8 heteroatoms. The van der Waals surface area contributed by atoms with E-state index >= 15 is 0 Å². The Kier molecular flexibility index (Phi) is 6.98. The predicted molar refractivity (Wildman–Crippen MR) is 54.2 cm³/mol. The molecule has 0 aliphatic heterocycles. The summed E-state index contributed by atoms with van der Waals surface area (Å²) in [5, 5.41) is 2.89. The fraction of sp³-hybridized carbons (Fsp3) is 1.00. The molecule has 0 aromatic heterocycles. The zero-order chi connectivity index (χ0) is 14.4. The molecular formula is C10H17F6NO. The van der Waals surface area contributed by atoms with Crippen LogP contribution in [0.4, 0.5) is 26.3 Å². The van der Waals surface area contributed by atoms with Crippen molar-refractivity contribution in [1.82, 2.24) is 5.32 Å². The molecule has 0 spiro atoms. The number of rotatable bonds is 7. The maximum Gasteiger partial charge on any atom is 0.423 e. The SMILES string of the molecule is CC(C)CNCCCOC(C(F)(F)F)C(F)(F)F. The van der Waals surface area contributed by atoms with Crippen LogP contribution in [0.2, 0.25) is 0 Å². The van der Waals surface area contributed by atoms with Crippen LogP contribution in [0.5, 0.6) is 0 Å². The molecule has 0 unspecified atom stereocenters. The van der Waals surface area contributed by atoms with Gasteiger partial charge in [0.05, 0.1) is 0 Å². The summed E-state index contributed by atoms with van der Waals surface area (Å²) >= 11 is 0. The van der Waals surface area contributed by atoms with Gasteiger partial charge >= 0.3 is 12.4 Å². The summed E-state index contributed by atoms with van der Waals surface area (Å²) in [6, 6.07) is 0. The van der Waals surface area contributed by atoms with Gasteiger partial charge < -0.3 is 10.1 Å². The molecule has 0 saturated heterocycles. The highest BCUT2D eigenvalue weighted by Gasteiger charge is 2.57. The van der Waals surface area contributed by atoms with E-state index < -0.39 is 25.1 Å². The van der Waals surface area contributed by atoms with Gasteiger partial charge in [0, 0.05) is 6.61 Å². The maximum atomic E-state index is 12.0. The van der Waals surface area contributed by atoms with E-state index in [0.717, 1.165) is 0 Å². The van der Waals surface area contributed by atoms with Crippen LogP contribution in [0.25, 0.3) is 0 Å². The van der Waals surface area contributed by atoms with Gasteiger partial charge in [-0.1, -0.05) is 13.8 Å². The average molecular weight is 281 g/mol. The van der Waals surface area contributed by atoms with Gasteiger partial charge in [-0.25, -0.2) is 0 Å². The van der Waals surface area contributed by atoms with Gasteiger partial charge in [-0.3, -0.25) is 0 Å². The first-order valence-electron chi connectivity index (χ1n) is 5.51. The monoisotopic (exact) mass is 281 g/mol. The second kappa shape index (κ2) is 7.18. The van der Waals surface area contributed by atoms with Gasteiger partial charge in [-0.15, -0.1) is 0 Å². The molecule has 0 amide bonds. The van der Waals surface area contributed by atoms with Crippen molar-refractivity contribution in [2.75, 3.05) is 19.7 Å². The molecule has 1 N–H and O–H groups in total. The number of hydrogen-bond donors (Lipinski definition) is 1. The van der Waals surface area contributed by atoms with E-state index in [9.17, 15) is 26.3 Å². The summed E-state index contributed by atoms with van der Waals surface area (Å²) in [4.78, 5) is 0. The van der Waals surface area contributed by atoms with Crippen molar-refractivity contribution in [3.8, 4) is 0 Å². The van der Waals surface area contributed by atoms with Crippen molar-refractivity contribution in [2.45, 2.75) is 38.7 Å². The number of alkyl halides is 6. The summed E-state index contributed by atoms with van der Waals surface area (Å²) in [5.41, 5.74) is 0. The summed E-state index contributed by atoms with van der Waals surface area (Å²) in [5.74, 6) is 0.365. The third kappa shape index (κ3) is 7.75. The quantitative estimate of drug-likeness (QED) is 0.572. The zero-order valence-corrected chi connectivity index (χ0v) is 10.2. The van der Waals surface area contributed by atoms with Crippen molar-refractivity contribution < 1.29 is 31.1 Å². The number of nitrogens with one attached hydrogen (secondary N) is 1. The Bertz CT molecular complexity index is 211. The Morgan fingerprint density at radius 1 is 1.00 bits per heavy atom. The second-order valence-corrected chi connectivity index (χ2v) is 4.29. The summed E-state index contributed by atoms with van der Waals surface area (Å²) < 4.78 is 76.1. The lowest BCUT2D eigenvalue weighted by Gasteiger charge is -2.23. The molecule has 0 bridgehead atoms. The van der Waals surface area contributed by atoms with E-state index in [4.69, 9.17) is 0 Å². The van der Waals surface area contributed by atoms with Crippen LogP contribution in [0.3, 0.4) is 0 Å². The fourth-order valence-electron chi connectivity index (χ4n) is 1.16. The summed E-state index contributed by atoms with van der Waals surface area (Å²) in [6.45, 7) is 4.26. The largest absolute Gasteiger partial charge is 0.423 e. The topological polar surface area (TPSA) is 21.3 Å². The van der Waals surface area contributed by atoms with Crippen LogP contribution < -0.4 is 5.32 Å². The van der Waals surface area contributed by atoms with Crippen molar-refractivity contribution in [1.29, 1.82) is 0 Å². The molecule has 0 atom stereocenters. The molecule has 0 aromatic carbocycles. The molecular weight excluding hydrogens is 264 g/mol. The molecule has 2 nitrogen and oxygen atoms in total. The first-order valence-corrected chi connectivity index (χ1v) is 5.51. The molecule has 0 saturated carbocycles. The highest BCUT2D eigenvalue weighted by molar-refractivity contribution is 4.75. The molecule has 0 aromatic rings. The number of ether oxygens (including phenoxy) is 1. The van der Waals surface area contributed by atoms with Crippen LogP contribution in [-0.4, -0.2) is 38.2 Å². The lowest BCUT2D eigenvalue weighted by atomic mass is 10.2. The third-order valence-electron chi connectivity index (χ3n) is 1.93. The Morgan fingerprint density at radius 2 is 1.50 bits per heavy atom. The van der Waals surface area contributed by atoms with Crippen LogP contribution in [0.15, 0.2) is 0 Å². The van der Waals surface area contributed by atoms with E-state index in [1.54, 1.807) is 0 Å². The van der Waals surface area contributed by atoms with Crippen LogP contribution >= 0.6 is 0 Å². The molecule has 0 aliphatic rings. The van der Waals surface area contributed by atoms with Crippen molar-refractivity contribution in [3.05, 3.63) is 0 Å². The zero-order valence-electron chi connectivity index (χ0n) is 10.2. The lowest BCUT2D eigenvalue weighted by molar-refractivity contribution is -0.321. The molecule has 0 rings (SSSR count). The minimum atomic E-state index is -5.43. The van der Waals surface area contributed by atoms with Gasteiger partial charge in [0.2, 0.25) is 6.10 Å². The van der Waals surface area contributed by atoms with E-state index in [0.29, 0.717) is 19.0 Å². The fourth-order valence-corrected chi connectivity index (χ4v) is 1.16. The first kappa shape index (κ1) is 17.5. The minimum Gasteiger partial charge on any atom is -0.361 e. The molecule has 0 fully saturated rings. The van der Waals surface area contributed by atoms with Crippen molar-refractivity contribution in [3.63, 3.8) is 0 Å². The van der Waals surface area contributed by atoms with Gasteiger partial charge in [0.15, 0.2) is 0 Å². The predicted octanol–water partition coefficient (Wildman–Crippen LogP) is 3.13. The molecule has 0 radical (unpaired) electrons. The smallest absolute Gasteiger partial charge is 0.361 e. The third-order valence-corrected chi connectivity index (χ3v) is 1.93. The van der Waals surface area contributed by atoms with Crippen LogP contribution in [0, 0.1) is 5.92 Å². The van der Waals surface area contributed by atoms with E-state index in [-0.39, 0.29) is 6.42 Å². The highest BCUT2D eigenvalue weighted by Crippen LogP contribution is 2.35. The lowest BCUT2D eigenvalue weighted by Crippen LogP contribution is -2.44. The average Bonchev–Trinajstić information content (AvgIpc) is 2.11. The molecule has 0 aliphatic carbocycles. The van der Waals surface area contributed by atoms with Gasteiger partial charge in [0.25, 0.3) is 0 Å². The first-order chi connectivity index (χ1) is 8.05. The van der Waals surface area contributed by atoms with Crippen LogP contribution in [-0.2, 0) is 4.74 Å². The number of halogens is 6. The molecule has 110 valence electrons. The maximum absolute atomic E-state index is 12.0. The summed E-state index contributed by atoms with van der Waals surface area (Å²) in [6.07, 6.45) is -14.5. The Labute approximate surface area is 102 Å². The van der Waals surface area contributed by atoms with Gasteiger partial charge in [0.1, 0.15) is 0 Å². The number of hydrogen-bond acceptors (Lipinski definition) is 2.